The number of aryl methyl sites for hydroxylation is 1. The summed E-state index contributed by atoms with van der Waals surface area (Å²) >= 11 is 0. The van der Waals surface area contributed by atoms with Gasteiger partial charge in [-0.05, 0) is 56.5 Å². The molecule has 0 aromatic heterocycles. The maximum Gasteiger partial charge on any atom is 0.254 e. The second-order valence-corrected chi connectivity index (χ2v) is 6.97. The number of carbonyl (C=O) groups excluding carboxylic acids is 1. The first kappa shape index (κ1) is 18.5. The van der Waals surface area contributed by atoms with Gasteiger partial charge >= 0.3 is 0 Å². The predicted octanol–water partition coefficient (Wildman–Crippen LogP) is 4.39. The van der Waals surface area contributed by atoms with Crippen LogP contribution in [-0.4, -0.2) is 37.2 Å². The minimum absolute atomic E-state index is 0.00347. The smallest absolute Gasteiger partial charge is 0.254 e. The highest BCUT2D eigenvalue weighted by atomic mass is 16.5. The lowest BCUT2D eigenvalue weighted by Crippen LogP contribution is -2.29. The number of benzene rings is 2. The van der Waals surface area contributed by atoms with E-state index in [1.54, 1.807) is 4.90 Å². The molecule has 26 heavy (non-hydrogen) atoms. The zero-order chi connectivity index (χ0) is 18.5. The molecule has 2 unspecified atom stereocenters. The van der Waals surface area contributed by atoms with Crippen LogP contribution in [0.1, 0.15) is 47.3 Å². The third-order valence-electron chi connectivity index (χ3n) is 5.02. The largest absolute Gasteiger partial charge is 0.491 e. The summed E-state index contributed by atoms with van der Waals surface area (Å²) in [4.78, 5) is 14.5. The second-order valence-electron chi connectivity index (χ2n) is 6.97. The molecule has 2 atom stereocenters. The number of nitrogens with zero attached hydrogens (tertiary/aromatic N) is 1. The van der Waals surface area contributed by atoms with Gasteiger partial charge in [0.15, 0.2) is 0 Å². The van der Waals surface area contributed by atoms with E-state index in [2.05, 4.69) is 31.2 Å². The Morgan fingerprint density at radius 2 is 1.88 bits per heavy atom. The summed E-state index contributed by atoms with van der Waals surface area (Å²) in [5.41, 5.74) is 3.01. The van der Waals surface area contributed by atoms with E-state index in [1.165, 1.54) is 5.56 Å². The van der Waals surface area contributed by atoms with Crippen LogP contribution >= 0.6 is 0 Å². The van der Waals surface area contributed by atoms with Crippen molar-refractivity contribution in [2.75, 3.05) is 20.3 Å². The summed E-state index contributed by atoms with van der Waals surface area (Å²) in [5.74, 6) is 0.773. The van der Waals surface area contributed by atoms with E-state index in [0.717, 1.165) is 30.8 Å². The van der Waals surface area contributed by atoms with Crippen molar-refractivity contribution in [3.63, 3.8) is 0 Å². The molecule has 1 aliphatic rings. The Balaban J connectivity index is 1.60. The molecular weight excluding hydrogens is 326 g/mol. The Hall–Kier alpha value is -2.33. The van der Waals surface area contributed by atoms with Gasteiger partial charge in [-0.1, -0.05) is 29.8 Å². The van der Waals surface area contributed by atoms with E-state index in [4.69, 9.17) is 9.47 Å². The first-order valence-corrected chi connectivity index (χ1v) is 9.23. The van der Waals surface area contributed by atoms with Crippen LogP contribution in [-0.2, 0) is 4.74 Å². The van der Waals surface area contributed by atoms with E-state index in [9.17, 15) is 4.79 Å². The van der Waals surface area contributed by atoms with Crippen molar-refractivity contribution < 1.29 is 14.3 Å². The van der Waals surface area contributed by atoms with E-state index in [-0.39, 0.29) is 18.1 Å². The van der Waals surface area contributed by atoms with Crippen molar-refractivity contribution in [3.05, 3.63) is 65.2 Å². The molecule has 0 saturated carbocycles. The average molecular weight is 353 g/mol. The van der Waals surface area contributed by atoms with Crippen LogP contribution in [0.15, 0.2) is 48.5 Å². The van der Waals surface area contributed by atoms with Crippen LogP contribution in [0.5, 0.6) is 5.75 Å². The molecule has 0 N–H and O–H groups in total. The molecule has 3 rings (SSSR count). The topological polar surface area (TPSA) is 38.8 Å². The first-order valence-electron chi connectivity index (χ1n) is 9.23. The number of carbonyl (C=O) groups is 1. The molecule has 2 aromatic rings. The first-order chi connectivity index (χ1) is 12.5. The molecule has 1 amide bonds. The normalized spacial score (nSPS) is 17.7. The molecule has 1 heterocycles. The molecule has 1 saturated heterocycles. The van der Waals surface area contributed by atoms with E-state index >= 15 is 0 Å². The lowest BCUT2D eigenvalue weighted by molar-refractivity contribution is 0.0678. The Labute approximate surface area is 155 Å². The number of ether oxygens (including phenoxy) is 2. The number of amides is 1. The zero-order valence-corrected chi connectivity index (χ0v) is 15.8. The Morgan fingerprint density at radius 1 is 1.19 bits per heavy atom. The van der Waals surface area contributed by atoms with Gasteiger partial charge in [0.2, 0.25) is 0 Å². The zero-order valence-electron chi connectivity index (χ0n) is 15.8. The van der Waals surface area contributed by atoms with Crippen molar-refractivity contribution in [2.24, 2.45) is 0 Å². The summed E-state index contributed by atoms with van der Waals surface area (Å²) in [7, 11) is 1.84. The van der Waals surface area contributed by atoms with E-state index in [0.29, 0.717) is 12.2 Å². The lowest BCUT2D eigenvalue weighted by atomic mass is 10.0. The molecule has 1 fully saturated rings. The molecule has 138 valence electrons. The predicted molar refractivity (Wildman–Crippen MR) is 103 cm³/mol. The highest BCUT2D eigenvalue weighted by molar-refractivity contribution is 5.94. The van der Waals surface area contributed by atoms with Crippen molar-refractivity contribution >= 4 is 5.91 Å². The van der Waals surface area contributed by atoms with Gasteiger partial charge in [-0.2, -0.15) is 0 Å². The van der Waals surface area contributed by atoms with E-state index < -0.39 is 0 Å². The van der Waals surface area contributed by atoms with Gasteiger partial charge in [0.05, 0.1) is 12.1 Å². The number of hydrogen-bond acceptors (Lipinski definition) is 3. The number of hydrogen-bond donors (Lipinski definition) is 0. The molecule has 4 nitrogen and oxygen atoms in total. The van der Waals surface area contributed by atoms with Gasteiger partial charge in [-0.25, -0.2) is 0 Å². The molecule has 0 spiro atoms. The van der Waals surface area contributed by atoms with Crippen LogP contribution in [0.25, 0.3) is 0 Å². The van der Waals surface area contributed by atoms with E-state index in [1.807, 2.05) is 38.2 Å². The molecule has 1 aliphatic heterocycles. The summed E-state index contributed by atoms with van der Waals surface area (Å²) in [6.07, 6.45) is 2.35. The fourth-order valence-corrected chi connectivity index (χ4v) is 3.11. The standard InChI is InChI=1S/C22H27NO3/c1-16-6-8-18(9-7-16)17(2)23(3)22(24)19-10-12-20(13-11-19)26-15-21-5-4-14-25-21/h6-13,17,21H,4-5,14-15H2,1-3H3. The van der Waals surface area contributed by atoms with Gasteiger partial charge in [0.25, 0.3) is 5.91 Å². The second kappa shape index (κ2) is 8.37. The van der Waals surface area contributed by atoms with Gasteiger partial charge in [0, 0.05) is 19.2 Å². The van der Waals surface area contributed by atoms with Crippen molar-refractivity contribution in [1.82, 2.24) is 4.90 Å². The summed E-state index contributed by atoms with van der Waals surface area (Å²) in [6, 6.07) is 15.7. The molecule has 0 aliphatic carbocycles. The van der Waals surface area contributed by atoms with Gasteiger partial charge in [-0.3, -0.25) is 4.79 Å². The van der Waals surface area contributed by atoms with Crippen molar-refractivity contribution in [3.8, 4) is 5.75 Å². The molecule has 0 bridgehead atoms. The van der Waals surface area contributed by atoms with Gasteiger partial charge < -0.3 is 14.4 Å². The quantitative estimate of drug-likeness (QED) is 0.773. The van der Waals surface area contributed by atoms with Gasteiger partial charge in [0.1, 0.15) is 12.4 Å². The Bertz CT molecular complexity index is 718. The summed E-state index contributed by atoms with van der Waals surface area (Å²) in [6.45, 7) is 5.50. The molecular formula is C22H27NO3. The third-order valence-corrected chi connectivity index (χ3v) is 5.02. The fourth-order valence-electron chi connectivity index (χ4n) is 3.11. The highest BCUT2D eigenvalue weighted by Gasteiger charge is 2.19. The Kier molecular flexibility index (Phi) is 5.94. The molecule has 0 radical (unpaired) electrons. The Morgan fingerprint density at radius 3 is 2.50 bits per heavy atom. The minimum atomic E-state index is 0.00347. The van der Waals surface area contributed by atoms with Crippen LogP contribution in [0.2, 0.25) is 0 Å². The van der Waals surface area contributed by atoms with Crippen molar-refractivity contribution in [2.45, 2.75) is 38.8 Å². The molecule has 4 heteroatoms. The highest BCUT2D eigenvalue weighted by Crippen LogP contribution is 2.22. The summed E-state index contributed by atoms with van der Waals surface area (Å²) in [5, 5.41) is 0. The van der Waals surface area contributed by atoms with Crippen LogP contribution in [0.3, 0.4) is 0 Å². The maximum absolute atomic E-state index is 12.8. The number of rotatable bonds is 6. The minimum Gasteiger partial charge on any atom is -0.491 e. The third kappa shape index (κ3) is 4.44. The lowest BCUT2D eigenvalue weighted by Gasteiger charge is -2.25. The SMILES string of the molecule is Cc1ccc(C(C)N(C)C(=O)c2ccc(OCC3CCCO3)cc2)cc1. The van der Waals surface area contributed by atoms with Crippen LogP contribution in [0, 0.1) is 6.92 Å². The fraction of sp³-hybridized carbons (Fsp3) is 0.409. The van der Waals surface area contributed by atoms with Crippen LogP contribution in [0.4, 0.5) is 0 Å². The van der Waals surface area contributed by atoms with Crippen molar-refractivity contribution in [1.29, 1.82) is 0 Å². The average Bonchev–Trinajstić information content (AvgIpc) is 3.19. The molecule has 2 aromatic carbocycles. The maximum atomic E-state index is 12.8. The van der Waals surface area contributed by atoms with Crippen LogP contribution < -0.4 is 4.74 Å². The van der Waals surface area contributed by atoms with Gasteiger partial charge in [-0.15, -0.1) is 0 Å². The summed E-state index contributed by atoms with van der Waals surface area (Å²) < 4.78 is 11.3. The monoisotopic (exact) mass is 353 g/mol.